The van der Waals surface area contributed by atoms with Crippen LogP contribution in [0.2, 0.25) is 0 Å². The molecule has 0 saturated heterocycles. The molecule has 7 heteroatoms. The number of benzene rings is 1. The van der Waals surface area contributed by atoms with Gasteiger partial charge in [0, 0.05) is 19.0 Å². The van der Waals surface area contributed by atoms with Gasteiger partial charge in [0.1, 0.15) is 5.75 Å². The number of nitrogens with one attached hydrogen (secondary N) is 2. The van der Waals surface area contributed by atoms with E-state index in [9.17, 15) is 4.79 Å². The third-order valence-electron chi connectivity index (χ3n) is 4.47. The Kier molecular flexibility index (Phi) is 11.1. The Morgan fingerprint density at radius 1 is 1.23 bits per heavy atom. The van der Waals surface area contributed by atoms with Gasteiger partial charge in [0.2, 0.25) is 5.91 Å². The van der Waals surface area contributed by atoms with Gasteiger partial charge in [0.25, 0.3) is 0 Å². The fourth-order valence-corrected chi connectivity index (χ4v) is 3.01. The van der Waals surface area contributed by atoms with Crippen molar-refractivity contribution in [1.82, 2.24) is 10.6 Å². The van der Waals surface area contributed by atoms with Crippen molar-refractivity contribution in [2.24, 2.45) is 10.7 Å². The lowest BCUT2D eigenvalue weighted by Gasteiger charge is -2.22. The Morgan fingerprint density at radius 3 is 2.58 bits per heavy atom. The summed E-state index contributed by atoms with van der Waals surface area (Å²) >= 11 is 0. The van der Waals surface area contributed by atoms with Crippen LogP contribution in [-0.2, 0) is 11.2 Å². The number of carbonyl (C=O) groups excluding carboxylic acids is 1. The fraction of sp³-hybridized carbons (Fsp3) is 0.579. The van der Waals surface area contributed by atoms with Crippen molar-refractivity contribution in [2.75, 3.05) is 20.2 Å². The zero-order chi connectivity index (χ0) is 17.9. The summed E-state index contributed by atoms with van der Waals surface area (Å²) in [6.07, 6.45) is 7.16. The highest BCUT2D eigenvalue weighted by Gasteiger charge is 2.15. The molecule has 0 aromatic heterocycles. The van der Waals surface area contributed by atoms with Crippen molar-refractivity contribution in [1.29, 1.82) is 0 Å². The number of hydrogen-bond donors (Lipinski definition) is 3. The molecule has 26 heavy (non-hydrogen) atoms. The number of rotatable bonds is 8. The Balaban J connectivity index is 0.00000338. The Hall–Kier alpha value is -1.51. The molecule has 4 N–H and O–H groups in total. The minimum Gasteiger partial charge on any atom is -0.497 e. The van der Waals surface area contributed by atoms with Crippen LogP contribution in [0.3, 0.4) is 0 Å². The van der Waals surface area contributed by atoms with Crippen molar-refractivity contribution in [3.05, 3.63) is 29.8 Å². The van der Waals surface area contributed by atoms with E-state index in [0.29, 0.717) is 31.5 Å². The quantitative estimate of drug-likeness (QED) is 0.307. The normalized spacial score (nSPS) is 15.0. The number of halogens is 1. The maximum absolute atomic E-state index is 11.9. The van der Waals surface area contributed by atoms with Gasteiger partial charge in [0.15, 0.2) is 5.96 Å². The molecule has 0 atom stereocenters. The molecular formula is C19H31IN4O2. The van der Waals surface area contributed by atoms with E-state index in [4.69, 9.17) is 10.5 Å². The molecule has 0 unspecified atom stereocenters. The van der Waals surface area contributed by atoms with Crippen LogP contribution in [-0.4, -0.2) is 38.1 Å². The number of nitrogens with two attached hydrogens (primary N) is 1. The third-order valence-corrected chi connectivity index (χ3v) is 4.47. The Bertz CT molecular complexity index is 557. The summed E-state index contributed by atoms with van der Waals surface area (Å²) in [6.45, 7) is 1.12. The monoisotopic (exact) mass is 474 g/mol. The minimum absolute atomic E-state index is 0. The summed E-state index contributed by atoms with van der Waals surface area (Å²) in [7, 11) is 1.66. The van der Waals surface area contributed by atoms with Gasteiger partial charge >= 0.3 is 0 Å². The van der Waals surface area contributed by atoms with Crippen molar-refractivity contribution >= 4 is 35.8 Å². The molecule has 1 aromatic rings. The minimum atomic E-state index is 0. The van der Waals surface area contributed by atoms with E-state index in [1.165, 1.54) is 24.8 Å². The molecule has 6 nitrogen and oxygen atoms in total. The van der Waals surface area contributed by atoms with E-state index in [1.807, 2.05) is 24.3 Å². The second kappa shape index (κ2) is 12.8. The average Bonchev–Trinajstić information content (AvgIpc) is 2.63. The van der Waals surface area contributed by atoms with Crippen molar-refractivity contribution < 1.29 is 9.53 Å². The van der Waals surface area contributed by atoms with Gasteiger partial charge in [-0.3, -0.25) is 9.79 Å². The van der Waals surface area contributed by atoms with Crippen LogP contribution in [0.15, 0.2) is 29.3 Å². The van der Waals surface area contributed by atoms with Crippen LogP contribution >= 0.6 is 24.0 Å². The van der Waals surface area contributed by atoms with E-state index < -0.39 is 0 Å². The fourth-order valence-electron chi connectivity index (χ4n) is 3.01. The summed E-state index contributed by atoms with van der Waals surface area (Å²) in [5, 5.41) is 6.17. The van der Waals surface area contributed by atoms with Crippen LogP contribution in [0.4, 0.5) is 0 Å². The van der Waals surface area contributed by atoms with Crippen LogP contribution in [0.25, 0.3) is 0 Å². The van der Waals surface area contributed by atoms with Crippen molar-refractivity contribution in [2.45, 2.75) is 51.0 Å². The summed E-state index contributed by atoms with van der Waals surface area (Å²) < 4.78 is 5.14. The van der Waals surface area contributed by atoms with Gasteiger partial charge < -0.3 is 21.1 Å². The lowest BCUT2D eigenvalue weighted by atomic mass is 9.95. The largest absolute Gasteiger partial charge is 0.497 e. The predicted molar refractivity (Wildman–Crippen MR) is 116 cm³/mol. The molecule has 1 aromatic carbocycles. The zero-order valence-corrected chi connectivity index (χ0v) is 17.8. The van der Waals surface area contributed by atoms with Crippen molar-refractivity contribution in [3.63, 3.8) is 0 Å². The van der Waals surface area contributed by atoms with Crippen LogP contribution in [0, 0.1) is 0 Å². The van der Waals surface area contributed by atoms with Gasteiger partial charge in [-0.25, -0.2) is 0 Å². The van der Waals surface area contributed by atoms with E-state index in [0.717, 1.165) is 25.0 Å². The molecule has 1 aliphatic carbocycles. The molecule has 1 saturated carbocycles. The molecule has 0 aliphatic heterocycles. The molecule has 0 heterocycles. The highest BCUT2D eigenvalue weighted by atomic mass is 127. The van der Waals surface area contributed by atoms with Crippen molar-refractivity contribution in [3.8, 4) is 5.75 Å². The first-order valence-electron chi connectivity index (χ1n) is 9.13. The number of aliphatic imine (C=N–C) groups is 1. The number of ether oxygens (including phenoxy) is 1. The zero-order valence-electron chi connectivity index (χ0n) is 15.5. The molecule has 1 fully saturated rings. The van der Waals surface area contributed by atoms with Crippen LogP contribution in [0.5, 0.6) is 5.75 Å². The van der Waals surface area contributed by atoms with Crippen LogP contribution in [0.1, 0.15) is 44.1 Å². The Morgan fingerprint density at radius 2 is 1.92 bits per heavy atom. The van der Waals surface area contributed by atoms with Gasteiger partial charge in [0.05, 0.1) is 13.7 Å². The summed E-state index contributed by atoms with van der Waals surface area (Å²) in [4.78, 5) is 16.1. The molecule has 2 rings (SSSR count). The van der Waals surface area contributed by atoms with E-state index in [2.05, 4.69) is 15.6 Å². The topological polar surface area (TPSA) is 88.7 Å². The number of guanidine groups is 1. The summed E-state index contributed by atoms with van der Waals surface area (Å²) in [5.41, 5.74) is 7.04. The van der Waals surface area contributed by atoms with E-state index in [-0.39, 0.29) is 29.9 Å². The molecule has 146 valence electrons. The summed E-state index contributed by atoms with van der Waals surface area (Å²) in [5.74, 6) is 1.31. The van der Waals surface area contributed by atoms with Gasteiger partial charge in [-0.1, -0.05) is 31.4 Å². The number of carbonyl (C=O) groups is 1. The van der Waals surface area contributed by atoms with E-state index >= 15 is 0 Å². The maximum atomic E-state index is 11.9. The second-order valence-corrected chi connectivity index (χ2v) is 6.44. The smallest absolute Gasteiger partial charge is 0.222 e. The first-order valence-corrected chi connectivity index (χ1v) is 9.13. The molecule has 0 spiro atoms. The van der Waals surface area contributed by atoms with Gasteiger partial charge in [-0.2, -0.15) is 0 Å². The lowest BCUT2D eigenvalue weighted by molar-refractivity contribution is -0.121. The summed E-state index contributed by atoms with van der Waals surface area (Å²) in [6, 6.07) is 8.30. The van der Waals surface area contributed by atoms with Gasteiger partial charge in [-0.05, 0) is 37.0 Å². The second-order valence-electron chi connectivity index (χ2n) is 6.44. The first-order chi connectivity index (χ1) is 12.2. The van der Waals surface area contributed by atoms with Crippen LogP contribution < -0.4 is 21.1 Å². The number of hydrogen-bond acceptors (Lipinski definition) is 3. The number of methoxy groups -OCH3 is 1. The lowest BCUT2D eigenvalue weighted by Crippen LogP contribution is -2.37. The number of amides is 1. The first kappa shape index (κ1) is 22.5. The average molecular weight is 474 g/mol. The molecule has 1 amide bonds. The highest BCUT2D eigenvalue weighted by molar-refractivity contribution is 14.0. The standard InChI is InChI=1S/C19H30N4O2.HI/c1-25-17-9-7-15(8-10-17)11-13-21-19(20)22-14-12-18(24)23-16-5-3-2-4-6-16;/h7-10,16H,2-6,11-14H2,1H3,(H,23,24)(H3,20,21,22);1H. The molecule has 0 radical (unpaired) electrons. The molecule has 1 aliphatic rings. The maximum Gasteiger partial charge on any atom is 0.222 e. The van der Waals surface area contributed by atoms with Gasteiger partial charge in [-0.15, -0.1) is 24.0 Å². The number of nitrogens with zero attached hydrogens (tertiary/aromatic N) is 1. The molecule has 0 bridgehead atoms. The van der Waals surface area contributed by atoms with E-state index in [1.54, 1.807) is 7.11 Å². The Labute approximate surface area is 173 Å². The highest BCUT2D eigenvalue weighted by Crippen LogP contribution is 2.17. The third kappa shape index (κ3) is 8.73. The predicted octanol–water partition coefficient (Wildman–Crippen LogP) is 2.60. The molecular weight excluding hydrogens is 443 g/mol. The SMILES string of the molecule is COc1ccc(CCNC(N)=NCCC(=O)NC2CCCCC2)cc1.I.